The van der Waals surface area contributed by atoms with E-state index in [1.54, 1.807) is 0 Å². The van der Waals surface area contributed by atoms with E-state index in [4.69, 9.17) is 0 Å². The molecule has 2 heterocycles. The first-order valence-electron chi connectivity index (χ1n) is 16.2. The quantitative estimate of drug-likeness (QED) is 0.145. The molecule has 9 rings (SSSR count). The molecule has 7 aromatic carbocycles. The Morgan fingerprint density at radius 1 is 0.489 bits per heavy atom. The van der Waals surface area contributed by atoms with Gasteiger partial charge in [0.05, 0.1) is 17.1 Å². The Labute approximate surface area is 269 Å². The Kier molecular flexibility index (Phi) is 5.37. The maximum atomic E-state index is 2.61. The Balaban J connectivity index is 1.45. The lowest BCUT2D eigenvalue weighted by molar-refractivity contribution is 0.595. The minimum absolute atomic E-state index is 0.0320. The molecule has 0 N–H and O–H groups in total. The maximum Gasteiger partial charge on any atom is 0.0593 e. The van der Waals surface area contributed by atoms with E-state index in [2.05, 4.69) is 156 Å². The number of benzene rings is 7. The van der Waals surface area contributed by atoms with Crippen LogP contribution in [0.3, 0.4) is 0 Å². The highest BCUT2D eigenvalue weighted by Gasteiger charge is 2.38. The first kappa shape index (κ1) is 27.1. The van der Waals surface area contributed by atoms with E-state index in [0.717, 1.165) is 0 Å². The fourth-order valence-corrected chi connectivity index (χ4v) is 11.1. The Morgan fingerprint density at radius 2 is 1.04 bits per heavy atom. The van der Waals surface area contributed by atoms with Crippen LogP contribution in [0.25, 0.3) is 43.4 Å². The van der Waals surface area contributed by atoms with Gasteiger partial charge in [-0.25, -0.2) is 0 Å². The summed E-state index contributed by atoms with van der Waals surface area (Å²) in [6, 6.07) is 39.8. The van der Waals surface area contributed by atoms with E-state index in [9.17, 15) is 0 Å². The first-order chi connectivity index (χ1) is 21.5. The molecule has 2 heteroatoms. The smallest absolute Gasteiger partial charge is 0.0593 e. The van der Waals surface area contributed by atoms with Crippen LogP contribution in [0.4, 0.5) is 17.1 Å². The third-order valence-corrected chi connectivity index (χ3v) is 12.9. The summed E-state index contributed by atoms with van der Waals surface area (Å²) < 4.78 is 0. The molecule has 0 saturated heterocycles. The van der Waals surface area contributed by atoms with Crippen molar-refractivity contribution in [3.05, 3.63) is 120 Å². The van der Waals surface area contributed by atoms with Crippen molar-refractivity contribution in [1.29, 1.82) is 0 Å². The van der Waals surface area contributed by atoms with Crippen molar-refractivity contribution in [1.82, 2.24) is 0 Å². The topological polar surface area (TPSA) is 3.24 Å². The van der Waals surface area contributed by atoms with E-state index in [1.807, 2.05) is 0 Å². The number of hydrogen-bond acceptors (Lipinski definition) is 1. The second-order valence-corrected chi connectivity index (χ2v) is 17.2. The van der Waals surface area contributed by atoms with Crippen molar-refractivity contribution in [2.45, 2.75) is 74.0 Å². The largest absolute Gasteiger partial charge is 0.308 e. The van der Waals surface area contributed by atoms with Gasteiger partial charge in [-0.05, 0) is 103 Å². The summed E-state index contributed by atoms with van der Waals surface area (Å²) in [7, 11) is -0.618. The second-order valence-electron chi connectivity index (χ2n) is 15.1. The van der Waals surface area contributed by atoms with Gasteiger partial charge in [-0.1, -0.05) is 114 Å². The Bertz CT molecular complexity index is 2360. The summed E-state index contributed by atoms with van der Waals surface area (Å²) in [4.78, 5) is 7.04. The van der Waals surface area contributed by atoms with Crippen molar-refractivity contribution in [3.8, 4) is 11.1 Å². The number of aryl methyl sites for hydroxylation is 1. The van der Waals surface area contributed by atoms with Gasteiger partial charge in [-0.15, -0.1) is 0 Å². The van der Waals surface area contributed by atoms with Crippen LogP contribution in [0.1, 0.15) is 58.2 Å². The second kappa shape index (κ2) is 8.92. The van der Waals surface area contributed by atoms with Crippen molar-refractivity contribution in [2.24, 2.45) is 0 Å². The van der Waals surface area contributed by atoms with Gasteiger partial charge in [0.15, 0.2) is 0 Å². The molecule has 1 nitrogen and oxygen atoms in total. The molecular formula is C43H39NS. The monoisotopic (exact) mass is 601 g/mol. The SMILES string of the molecule is Cc1cc(C(C)(C)C)c2ccc3c(N4c5ccccc5[SH]5c6ccccc6-c6cccc4c65)cc(C(C)(C)C)c4ccc1c2c34. The molecule has 2 aliphatic heterocycles. The molecule has 222 valence electrons. The molecule has 0 aliphatic carbocycles. The Hall–Kier alpha value is -4.27. The predicted molar refractivity (Wildman–Crippen MR) is 196 cm³/mol. The molecule has 45 heavy (non-hydrogen) atoms. The number of nitrogens with zero attached hydrogens (tertiary/aromatic N) is 1. The molecule has 0 aromatic heterocycles. The fourth-order valence-electron chi connectivity index (χ4n) is 8.24. The zero-order valence-electron chi connectivity index (χ0n) is 27.2. The molecule has 0 spiro atoms. The summed E-state index contributed by atoms with van der Waals surface area (Å²) in [5, 5.41) is 8.28. The van der Waals surface area contributed by atoms with Gasteiger partial charge in [-0.3, -0.25) is 0 Å². The molecule has 0 bridgehead atoms. The predicted octanol–water partition coefficient (Wildman–Crippen LogP) is 12.7. The number of hydrogen-bond donors (Lipinski definition) is 1. The molecule has 1 atom stereocenters. The molecule has 7 aromatic rings. The summed E-state index contributed by atoms with van der Waals surface area (Å²) in [6.07, 6.45) is 0. The Morgan fingerprint density at radius 3 is 1.78 bits per heavy atom. The molecule has 0 radical (unpaired) electrons. The van der Waals surface area contributed by atoms with Gasteiger partial charge in [0.1, 0.15) is 0 Å². The van der Waals surface area contributed by atoms with Crippen LogP contribution < -0.4 is 4.90 Å². The number of rotatable bonds is 1. The number of anilines is 3. The van der Waals surface area contributed by atoms with E-state index in [0.29, 0.717) is 0 Å². The van der Waals surface area contributed by atoms with Gasteiger partial charge in [0, 0.05) is 20.1 Å². The van der Waals surface area contributed by atoms with Crippen molar-refractivity contribution in [2.75, 3.05) is 4.90 Å². The highest BCUT2D eigenvalue weighted by atomic mass is 32.2. The fraction of sp³-hybridized carbons (Fsp3) is 0.209. The molecule has 0 fully saturated rings. The van der Waals surface area contributed by atoms with Gasteiger partial charge >= 0.3 is 0 Å². The van der Waals surface area contributed by atoms with Crippen molar-refractivity contribution in [3.63, 3.8) is 0 Å². The maximum absolute atomic E-state index is 2.61. The third-order valence-electron chi connectivity index (χ3n) is 10.2. The van der Waals surface area contributed by atoms with Gasteiger partial charge < -0.3 is 4.90 Å². The van der Waals surface area contributed by atoms with Crippen LogP contribution in [0.5, 0.6) is 0 Å². The van der Waals surface area contributed by atoms with E-state index < -0.39 is 10.9 Å². The lowest BCUT2D eigenvalue weighted by Crippen LogP contribution is -2.19. The molecule has 0 amide bonds. The third kappa shape index (κ3) is 3.58. The molecule has 0 saturated carbocycles. The molecule has 2 aliphatic rings. The van der Waals surface area contributed by atoms with E-state index >= 15 is 0 Å². The normalized spacial score (nSPS) is 16.4. The number of fused-ring (bicyclic) bond motifs is 5. The minimum atomic E-state index is -0.618. The zero-order valence-corrected chi connectivity index (χ0v) is 28.1. The number of para-hydroxylation sites is 1. The summed E-state index contributed by atoms with van der Waals surface area (Å²) in [5.74, 6) is 0. The molecular weight excluding hydrogens is 563 g/mol. The van der Waals surface area contributed by atoms with Crippen LogP contribution in [-0.2, 0) is 10.8 Å². The highest BCUT2D eigenvalue weighted by molar-refractivity contribution is 8.18. The average Bonchev–Trinajstić information content (AvgIpc) is 3.35. The first-order valence-corrected chi connectivity index (χ1v) is 17.6. The zero-order chi connectivity index (χ0) is 31.0. The van der Waals surface area contributed by atoms with Gasteiger partial charge in [0.2, 0.25) is 0 Å². The van der Waals surface area contributed by atoms with Crippen LogP contribution in [0, 0.1) is 6.92 Å². The van der Waals surface area contributed by atoms with Crippen LogP contribution in [0.15, 0.2) is 118 Å². The standard InChI is InChI=1S/C43H39NS/c1-25-23-32(42(2,3)4)29-21-22-31-36(24-33(43(5,6)7)30-20-19-26(25)39(29)40(30)31)44-34-15-9-11-18-38(34)45-37-17-10-8-13-27(37)28-14-12-16-35(44)41(28)45/h8-24,45H,1-7H3. The van der Waals surface area contributed by atoms with Gasteiger partial charge in [-0.2, -0.15) is 10.9 Å². The van der Waals surface area contributed by atoms with Gasteiger partial charge in [0.25, 0.3) is 0 Å². The summed E-state index contributed by atoms with van der Waals surface area (Å²) in [5.41, 5.74) is 10.9. The lowest BCUT2D eigenvalue weighted by atomic mass is 9.77. The van der Waals surface area contributed by atoms with Crippen LogP contribution in [0.2, 0.25) is 0 Å². The highest BCUT2D eigenvalue weighted by Crippen LogP contribution is 2.71. The van der Waals surface area contributed by atoms with Crippen molar-refractivity contribution >= 4 is 60.3 Å². The lowest BCUT2D eigenvalue weighted by Gasteiger charge is -2.39. The average molecular weight is 602 g/mol. The number of thiol groups is 1. The van der Waals surface area contributed by atoms with Crippen LogP contribution >= 0.6 is 10.9 Å². The van der Waals surface area contributed by atoms with E-state index in [1.165, 1.54) is 91.9 Å². The van der Waals surface area contributed by atoms with E-state index in [-0.39, 0.29) is 10.8 Å². The summed E-state index contributed by atoms with van der Waals surface area (Å²) in [6.45, 7) is 16.4. The van der Waals surface area contributed by atoms with Crippen molar-refractivity contribution < 1.29 is 0 Å². The minimum Gasteiger partial charge on any atom is -0.308 e. The summed E-state index contributed by atoms with van der Waals surface area (Å²) >= 11 is 0. The van der Waals surface area contributed by atoms with Crippen LogP contribution in [-0.4, -0.2) is 0 Å². The molecule has 1 unspecified atom stereocenters.